The van der Waals surface area contributed by atoms with Crippen LogP contribution < -0.4 is 15.4 Å². The summed E-state index contributed by atoms with van der Waals surface area (Å²) >= 11 is 0. The molecule has 4 heterocycles. The van der Waals surface area contributed by atoms with Crippen molar-refractivity contribution in [2.45, 2.75) is 32.9 Å². The highest BCUT2D eigenvalue weighted by Gasteiger charge is 2.28. The van der Waals surface area contributed by atoms with Crippen LogP contribution in [-0.2, 0) is 11.8 Å². The Morgan fingerprint density at radius 2 is 2.10 bits per heavy atom. The number of H-pyrrole nitrogens is 1. The smallest absolute Gasteiger partial charge is 0.256 e. The van der Waals surface area contributed by atoms with Gasteiger partial charge >= 0.3 is 0 Å². The first-order valence-electron chi connectivity index (χ1n) is 13.1. The molecule has 1 saturated heterocycles. The molecule has 0 aliphatic carbocycles. The number of piperazine rings is 1. The topological polar surface area (TPSA) is 116 Å². The zero-order valence-corrected chi connectivity index (χ0v) is 22.8. The molecule has 5 rings (SSSR count). The van der Waals surface area contributed by atoms with Gasteiger partial charge in [0.2, 0.25) is 11.9 Å². The Labute approximate surface area is 226 Å². The molecule has 4 aromatic rings. The monoisotopic (exact) mass is 535 g/mol. The zero-order chi connectivity index (χ0) is 27.7. The highest BCUT2D eigenvalue weighted by Crippen LogP contribution is 2.34. The minimum atomic E-state index is -0.565. The molecule has 1 aliphatic rings. The van der Waals surface area contributed by atoms with E-state index >= 15 is 0 Å². The average Bonchev–Trinajstić information content (AvgIpc) is 3.50. The minimum absolute atomic E-state index is 0.0864. The number of carbonyl (C=O) groups is 1. The summed E-state index contributed by atoms with van der Waals surface area (Å²) in [5, 5.41) is 11.1. The van der Waals surface area contributed by atoms with Crippen molar-refractivity contribution in [1.29, 1.82) is 0 Å². The molecule has 1 fully saturated rings. The number of rotatable bonds is 8. The molecule has 2 atom stereocenters. The van der Waals surface area contributed by atoms with E-state index < -0.39 is 5.82 Å². The number of nitrogens with zero attached hydrogens (tertiary/aromatic N) is 6. The Hall–Kier alpha value is -4.03. The number of fused-ring (bicyclic) bond motifs is 1. The van der Waals surface area contributed by atoms with Gasteiger partial charge in [0, 0.05) is 49.9 Å². The normalized spacial score (nSPS) is 17.3. The molecule has 0 bridgehead atoms. The van der Waals surface area contributed by atoms with Gasteiger partial charge in [0.25, 0.3) is 5.88 Å². The average molecular weight is 536 g/mol. The predicted molar refractivity (Wildman–Crippen MR) is 149 cm³/mol. The predicted octanol–water partition coefficient (Wildman–Crippen LogP) is 3.60. The van der Waals surface area contributed by atoms with Gasteiger partial charge in [0.1, 0.15) is 11.4 Å². The number of amides is 1. The van der Waals surface area contributed by atoms with Crippen molar-refractivity contribution in [2.75, 3.05) is 43.9 Å². The number of halogens is 1. The first-order chi connectivity index (χ1) is 18.7. The molecule has 1 aliphatic heterocycles. The Kier molecular flexibility index (Phi) is 7.49. The molecule has 3 N–H and O–H groups in total. The highest BCUT2D eigenvalue weighted by molar-refractivity contribution is 6.06. The number of hydrogen-bond acceptors (Lipinski definition) is 8. The molecular formula is C27H34FN9O2. The third-order valence-electron chi connectivity index (χ3n) is 7.21. The molecule has 0 radical (unpaired) electrons. The number of hydrogen-bond donors (Lipinski definition) is 3. The summed E-state index contributed by atoms with van der Waals surface area (Å²) in [5.41, 5.74) is 2.58. The Morgan fingerprint density at radius 1 is 1.28 bits per heavy atom. The second kappa shape index (κ2) is 11.0. The fourth-order valence-electron chi connectivity index (χ4n) is 4.82. The van der Waals surface area contributed by atoms with Crippen molar-refractivity contribution in [2.24, 2.45) is 7.05 Å². The lowest BCUT2D eigenvalue weighted by Gasteiger charge is -2.40. The maximum Gasteiger partial charge on any atom is 0.256 e. The number of anilines is 3. The van der Waals surface area contributed by atoms with Gasteiger partial charge in [-0.15, -0.1) is 5.10 Å². The summed E-state index contributed by atoms with van der Waals surface area (Å²) < 4.78 is 22.2. The van der Waals surface area contributed by atoms with Gasteiger partial charge in [0.05, 0.1) is 36.2 Å². The number of likely N-dealkylation sites (N-methyl/N-ethyl adjacent to an activating group) is 1. The van der Waals surface area contributed by atoms with E-state index in [0.717, 1.165) is 31.2 Å². The van der Waals surface area contributed by atoms with E-state index in [-0.39, 0.29) is 23.6 Å². The van der Waals surface area contributed by atoms with E-state index in [2.05, 4.69) is 54.5 Å². The lowest BCUT2D eigenvalue weighted by atomic mass is 10.1. The lowest BCUT2D eigenvalue weighted by molar-refractivity contribution is -0.121. The number of para-hydroxylation sites is 1. The van der Waals surface area contributed by atoms with Gasteiger partial charge in [-0.25, -0.2) is 14.4 Å². The van der Waals surface area contributed by atoms with Crippen molar-refractivity contribution in [3.05, 3.63) is 42.6 Å². The number of carbonyl (C=O) groups excluding carboxylic acids is 1. The molecule has 0 spiro atoms. The van der Waals surface area contributed by atoms with Crippen LogP contribution in [-0.4, -0.2) is 85.8 Å². The van der Waals surface area contributed by atoms with Gasteiger partial charge in [-0.3, -0.25) is 14.4 Å². The lowest BCUT2D eigenvalue weighted by Crippen LogP contribution is -2.55. The van der Waals surface area contributed by atoms with Crippen molar-refractivity contribution in [3.8, 4) is 17.1 Å². The number of aryl methyl sites for hydroxylation is 1. The van der Waals surface area contributed by atoms with Crippen LogP contribution in [0.2, 0.25) is 0 Å². The standard InChI is InChI=1S/C27H34FN9O2/c1-6-39-26-22(15-36(5)34-26)32-27-30-13-20(28)23(33-27)19-12-29-24-18(19)8-7-9-21(24)31-25(38)17(3)37-11-10-35(4)16(2)14-37/h7-9,12-13,15-17,29H,6,10-11,14H2,1-5H3,(H,31,38)(H,30,32,33). The maximum atomic E-state index is 15.0. The Balaban J connectivity index is 1.39. The maximum absolute atomic E-state index is 15.0. The Morgan fingerprint density at radius 3 is 2.87 bits per heavy atom. The third-order valence-corrected chi connectivity index (χ3v) is 7.21. The molecular weight excluding hydrogens is 501 g/mol. The highest BCUT2D eigenvalue weighted by atomic mass is 19.1. The number of benzene rings is 1. The second-order valence-electron chi connectivity index (χ2n) is 9.89. The largest absolute Gasteiger partial charge is 0.475 e. The first-order valence-corrected chi connectivity index (χ1v) is 13.1. The number of nitrogens with one attached hydrogen (secondary N) is 3. The van der Waals surface area contributed by atoms with E-state index in [1.165, 1.54) is 0 Å². The van der Waals surface area contributed by atoms with Crippen LogP contribution in [0.1, 0.15) is 20.8 Å². The van der Waals surface area contributed by atoms with Gasteiger partial charge in [-0.2, -0.15) is 0 Å². The van der Waals surface area contributed by atoms with Crippen molar-refractivity contribution < 1.29 is 13.9 Å². The SMILES string of the molecule is CCOc1nn(C)cc1Nc1ncc(F)c(-c2c[nH]c3c(NC(=O)C(C)N4CCN(C)C(C)C4)cccc23)n1. The van der Waals surface area contributed by atoms with Crippen LogP contribution in [0.3, 0.4) is 0 Å². The quantitative estimate of drug-likeness (QED) is 0.313. The van der Waals surface area contributed by atoms with Crippen LogP contribution in [0.15, 0.2) is 36.8 Å². The van der Waals surface area contributed by atoms with E-state index in [4.69, 9.17) is 4.74 Å². The molecule has 39 heavy (non-hydrogen) atoms. The fraction of sp³-hybridized carbons (Fsp3) is 0.407. The summed E-state index contributed by atoms with van der Waals surface area (Å²) in [6.45, 7) is 8.99. The third kappa shape index (κ3) is 5.43. The summed E-state index contributed by atoms with van der Waals surface area (Å²) in [6, 6.07) is 5.63. The summed E-state index contributed by atoms with van der Waals surface area (Å²) in [4.78, 5) is 29.4. The molecule has 1 aromatic carbocycles. The zero-order valence-electron chi connectivity index (χ0n) is 22.8. The summed E-state index contributed by atoms with van der Waals surface area (Å²) in [7, 11) is 3.88. The summed E-state index contributed by atoms with van der Waals surface area (Å²) in [6.07, 6.45) is 4.56. The first kappa shape index (κ1) is 26.6. The molecule has 206 valence electrons. The second-order valence-corrected chi connectivity index (χ2v) is 9.89. The van der Waals surface area contributed by atoms with Crippen LogP contribution in [0.25, 0.3) is 22.2 Å². The number of aromatic amines is 1. The van der Waals surface area contributed by atoms with Gasteiger partial charge < -0.3 is 25.3 Å². The van der Waals surface area contributed by atoms with E-state index in [0.29, 0.717) is 41.0 Å². The fourth-order valence-corrected chi connectivity index (χ4v) is 4.82. The molecule has 3 aromatic heterocycles. The van der Waals surface area contributed by atoms with Crippen molar-refractivity contribution in [3.63, 3.8) is 0 Å². The molecule has 0 saturated carbocycles. The molecule has 11 nitrogen and oxygen atoms in total. The summed E-state index contributed by atoms with van der Waals surface area (Å²) in [5.74, 6) is -0.0433. The van der Waals surface area contributed by atoms with Crippen molar-refractivity contribution in [1.82, 2.24) is 34.5 Å². The van der Waals surface area contributed by atoms with Gasteiger partial charge in [-0.1, -0.05) is 12.1 Å². The van der Waals surface area contributed by atoms with Crippen LogP contribution in [0.4, 0.5) is 21.7 Å². The van der Waals surface area contributed by atoms with Gasteiger partial charge in [0.15, 0.2) is 5.82 Å². The molecule has 2 unspecified atom stereocenters. The minimum Gasteiger partial charge on any atom is -0.475 e. The number of aromatic nitrogens is 5. The Bertz CT molecular complexity index is 1480. The molecule has 12 heteroatoms. The van der Waals surface area contributed by atoms with E-state index in [1.807, 2.05) is 32.0 Å². The van der Waals surface area contributed by atoms with Crippen LogP contribution >= 0.6 is 0 Å². The van der Waals surface area contributed by atoms with Crippen molar-refractivity contribution >= 4 is 34.1 Å². The number of ether oxygens (including phenoxy) is 1. The van der Waals surface area contributed by atoms with Crippen LogP contribution in [0, 0.1) is 5.82 Å². The van der Waals surface area contributed by atoms with Gasteiger partial charge in [-0.05, 0) is 33.9 Å². The van der Waals surface area contributed by atoms with E-state index in [1.54, 1.807) is 24.1 Å². The van der Waals surface area contributed by atoms with Crippen LogP contribution in [0.5, 0.6) is 5.88 Å². The molecule has 1 amide bonds. The van der Waals surface area contributed by atoms with E-state index in [9.17, 15) is 9.18 Å².